The van der Waals surface area contributed by atoms with Gasteiger partial charge in [0.2, 0.25) is 0 Å². The van der Waals surface area contributed by atoms with E-state index in [9.17, 15) is 4.79 Å². The Balaban J connectivity index is 1.91. The molecule has 4 nitrogen and oxygen atoms in total. The van der Waals surface area contributed by atoms with Crippen LogP contribution in [-0.4, -0.2) is 20.3 Å². The third-order valence-electron chi connectivity index (χ3n) is 3.62. The van der Waals surface area contributed by atoms with Crippen molar-refractivity contribution in [3.05, 3.63) is 40.4 Å². The summed E-state index contributed by atoms with van der Waals surface area (Å²) in [7, 11) is 1.58. The van der Waals surface area contributed by atoms with E-state index in [2.05, 4.69) is 6.92 Å². The minimum absolute atomic E-state index is 0.310. The molecule has 0 unspecified atom stereocenters. The first-order valence-electron chi connectivity index (χ1n) is 7.93. The van der Waals surface area contributed by atoms with Gasteiger partial charge in [-0.2, -0.15) is 0 Å². The van der Waals surface area contributed by atoms with Crippen molar-refractivity contribution >= 4 is 10.8 Å². The van der Waals surface area contributed by atoms with Gasteiger partial charge < -0.3 is 13.9 Å². The van der Waals surface area contributed by atoms with Gasteiger partial charge in [-0.25, -0.2) is 4.79 Å². The van der Waals surface area contributed by atoms with E-state index in [1.165, 1.54) is 12.8 Å². The molecule has 22 heavy (non-hydrogen) atoms. The monoisotopic (exact) mass is 304 g/mol. The zero-order valence-electron chi connectivity index (χ0n) is 13.4. The molecule has 0 fully saturated rings. The Morgan fingerprint density at radius 2 is 1.91 bits per heavy atom. The summed E-state index contributed by atoms with van der Waals surface area (Å²) in [6, 6.07) is 7.37. The number of benzene rings is 1. The second-order valence-corrected chi connectivity index (χ2v) is 5.38. The van der Waals surface area contributed by atoms with Gasteiger partial charge in [-0.1, -0.05) is 25.8 Å². The van der Waals surface area contributed by atoms with Crippen molar-refractivity contribution in [2.45, 2.75) is 39.0 Å². The average Bonchev–Trinajstić information content (AvgIpc) is 2.54. The number of fused-ring (bicyclic) bond motifs is 1. The van der Waals surface area contributed by atoms with Crippen molar-refractivity contribution in [2.75, 3.05) is 20.3 Å². The largest absolute Gasteiger partial charge is 0.497 e. The summed E-state index contributed by atoms with van der Waals surface area (Å²) < 4.78 is 16.1. The minimum atomic E-state index is -0.310. The van der Waals surface area contributed by atoms with E-state index in [0.29, 0.717) is 29.9 Å². The molecule has 1 heterocycles. The molecule has 4 heteroatoms. The van der Waals surface area contributed by atoms with Crippen molar-refractivity contribution < 1.29 is 13.9 Å². The third-order valence-corrected chi connectivity index (χ3v) is 3.62. The maximum absolute atomic E-state index is 12.0. The van der Waals surface area contributed by atoms with Crippen LogP contribution in [0.3, 0.4) is 0 Å². The quantitative estimate of drug-likeness (QED) is 0.658. The first-order valence-corrected chi connectivity index (χ1v) is 7.93. The maximum Gasteiger partial charge on any atom is 0.343 e. The van der Waals surface area contributed by atoms with Crippen LogP contribution < -0.4 is 10.4 Å². The maximum atomic E-state index is 12.0. The van der Waals surface area contributed by atoms with E-state index in [-0.39, 0.29) is 5.63 Å². The Labute approximate surface area is 131 Å². The Morgan fingerprint density at radius 3 is 2.68 bits per heavy atom. The summed E-state index contributed by atoms with van der Waals surface area (Å²) in [6.45, 7) is 3.70. The second kappa shape index (κ2) is 8.59. The van der Waals surface area contributed by atoms with Gasteiger partial charge in [0.1, 0.15) is 11.5 Å². The van der Waals surface area contributed by atoms with Gasteiger partial charge in [0, 0.05) is 19.6 Å². The standard InChI is InChI=1S/C18H24O4/c1-3-4-5-10-21-11-6-7-16-12-14-8-9-15(20-2)13-17(14)18(19)22-16/h8-9,12-13H,3-7,10-11H2,1-2H3. The highest BCUT2D eigenvalue weighted by atomic mass is 16.5. The van der Waals surface area contributed by atoms with Crippen LogP contribution in [0.2, 0.25) is 0 Å². The predicted octanol–water partition coefficient (Wildman–Crippen LogP) is 3.94. The van der Waals surface area contributed by atoms with Crippen molar-refractivity contribution in [3.63, 3.8) is 0 Å². The Kier molecular flexibility index (Phi) is 6.46. The van der Waals surface area contributed by atoms with Crippen LogP contribution in [0.25, 0.3) is 10.8 Å². The zero-order valence-corrected chi connectivity index (χ0v) is 13.4. The molecule has 0 bridgehead atoms. The molecule has 0 aliphatic heterocycles. The van der Waals surface area contributed by atoms with Gasteiger partial charge in [-0.15, -0.1) is 0 Å². The van der Waals surface area contributed by atoms with Crippen LogP contribution in [0.4, 0.5) is 0 Å². The molecule has 0 radical (unpaired) electrons. The van der Waals surface area contributed by atoms with Crippen LogP contribution in [0.5, 0.6) is 5.75 Å². The number of hydrogen-bond donors (Lipinski definition) is 0. The highest BCUT2D eigenvalue weighted by molar-refractivity contribution is 5.82. The fraction of sp³-hybridized carbons (Fsp3) is 0.500. The van der Waals surface area contributed by atoms with Gasteiger partial charge in [0.05, 0.1) is 12.5 Å². The topological polar surface area (TPSA) is 48.7 Å². The molecule has 0 saturated carbocycles. The minimum Gasteiger partial charge on any atom is -0.497 e. The molecule has 0 atom stereocenters. The molecular weight excluding hydrogens is 280 g/mol. The van der Waals surface area contributed by atoms with Crippen LogP contribution in [0.1, 0.15) is 38.4 Å². The summed E-state index contributed by atoms with van der Waals surface area (Å²) in [5, 5.41) is 1.44. The Morgan fingerprint density at radius 1 is 1.09 bits per heavy atom. The van der Waals surface area contributed by atoms with E-state index in [4.69, 9.17) is 13.9 Å². The van der Waals surface area contributed by atoms with Crippen molar-refractivity contribution in [1.29, 1.82) is 0 Å². The molecule has 120 valence electrons. The zero-order chi connectivity index (χ0) is 15.8. The number of ether oxygens (including phenoxy) is 2. The molecule has 1 aromatic carbocycles. The summed E-state index contributed by atoms with van der Waals surface area (Å²) >= 11 is 0. The van der Waals surface area contributed by atoms with E-state index in [0.717, 1.165) is 24.8 Å². The molecule has 0 aliphatic rings. The number of unbranched alkanes of at least 4 members (excludes halogenated alkanes) is 2. The Bertz CT molecular complexity index is 645. The van der Waals surface area contributed by atoms with Crippen LogP contribution in [0, 0.1) is 0 Å². The van der Waals surface area contributed by atoms with Gasteiger partial charge >= 0.3 is 5.63 Å². The number of rotatable bonds is 9. The third kappa shape index (κ3) is 4.60. The average molecular weight is 304 g/mol. The summed E-state index contributed by atoms with van der Waals surface area (Å²) in [4.78, 5) is 12.0. The van der Waals surface area contributed by atoms with Gasteiger partial charge in [-0.05, 0) is 36.4 Å². The number of methoxy groups -OCH3 is 1. The van der Waals surface area contributed by atoms with E-state index < -0.39 is 0 Å². The predicted molar refractivity (Wildman–Crippen MR) is 87.7 cm³/mol. The molecule has 1 aromatic heterocycles. The van der Waals surface area contributed by atoms with Gasteiger partial charge in [0.15, 0.2) is 0 Å². The fourth-order valence-electron chi connectivity index (χ4n) is 2.37. The van der Waals surface area contributed by atoms with Gasteiger partial charge in [-0.3, -0.25) is 0 Å². The van der Waals surface area contributed by atoms with E-state index in [1.807, 2.05) is 18.2 Å². The highest BCUT2D eigenvalue weighted by Crippen LogP contribution is 2.19. The van der Waals surface area contributed by atoms with Crippen molar-refractivity contribution in [1.82, 2.24) is 0 Å². The molecule has 2 rings (SSSR count). The first kappa shape index (κ1) is 16.6. The lowest BCUT2D eigenvalue weighted by Crippen LogP contribution is -2.04. The molecule has 0 amide bonds. The van der Waals surface area contributed by atoms with Crippen LogP contribution in [-0.2, 0) is 11.2 Å². The first-order chi connectivity index (χ1) is 10.7. The lowest BCUT2D eigenvalue weighted by Gasteiger charge is -2.05. The number of aryl methyl sites for hydroxylation is 1. The summed E-state index contributed by atoms with van der Waals surface area (Å²) in [6.07, 6.45) is 5.10. The summed E-state index contributed by atoms with van der Waals surface area (Å²) in [5.41, 5.74) is -0.310. The molecule has 0 spiro atoms. The smallest absolute Gasteiger partial charge is 0.343 e. The summed E-state index contributed by atoms with van der Waals surface area (Å²) in [5.74, 6) is 1.37. The molecule has 0 N–H and O–H groups in total. The normalized spacial score (nSPS) is 11.0. The van der Waals surface area contributed by atoms with Crippen molar-refractivity contribution in [2.24, 2.45) is 0 Å². The highest BCUT2D eigenvalue weighted by Gasteiger charge is 2.06. The van der Waals surface area contributed by atoms with E-state index >= 15 is 0 Å². The van der Waals surface area contributed by atoms with E-state index in [1.54, 1.807) is 13.2 Å². The van der Waals surface area contributed by atoms with Crippen molar-refractivity contribution in [3.8, 4) is 5.75 Å². The molecule has 0 aliphatic carbocycles. The Hall–Kier alpha value is -1.81. The van der Waals surface area contributed by atoms with Crippen LogP contribution >= 0.6 is 0 Å². The molecular formula is C18H24O4. The fourth-order valence-corrected chi connectivity index (χ4v) is 2.37. The lowest BCUT2D eigenvalue weighted by atomic mass is 10.1. The lowest BCUT2D eigenvalue weighted by molar-refractivity contribution is 0.127. The molecule has 2 aromatic rings. The van der Waals surface area contributed by atoms with Gasteiger partial charge in [0.25, 0.3) is 0 Å². The molecule has 0 saturated heterocycles. The second-order valence-electron chi connectivity index (χ2n) is 5.38. The SMILES string of the molecule is CCCCCOCCCc1cc2ccc(OC)cc2c(=O)o1. The van der Waals surface area contributed by atoms with Crippen LogP contribution in [0.15, 0.2) is 33.5 Å². The number of hydrogen-bond acceptors (Lipinski definition) is 4.